The zero-order chi connectivity index (χ0) is 18.9. The van der Waals surface area contributed by atoms with Gasteiger partial charge in [0.25, 0.3) is 0 Å². The molecule has 1 aliphatic rings. The van der Waals surface area contributed by atoms with E-state index >= 15 is 0 Å². The number of aryl methyl sites for hydroxylation is 1. The summed E-state index contributed by atoms with van der Waals surface area (Å²) in [6.45, 7) is 8.66. The lowest BCUT2D eigenvalue weighted by Crippen LogP contribution is -2.49. The highest BCUT2D eigenvalue weighted by Crippen LogP contribution is 2.12. The molecule has 0 amide bonds. The van der Waals surface area contributed by atoms with Crippen molar-refractivity contribution in [1.82, 2.24) is 30.5 Å². The van der Waals surface area contributed by atoms with E-state index in [2.05, 4.69) is 47.3 Å². The summed E-state index contributed by atoms with van der Waals surface area (Å²) in [5.41, 5.74) is 0. The first-order valence-corrected chi connectivity index (χ1v) is 10.2. The van der Waals surface area contributed by atoms with Crippen LogP contribution in [0.15, 0.2) is 29.6 Å². The molecule has 27 heavy (non-hydrogen) atoms. The van der Waals surface area contributed by atoms with Gasteiger partial charge in [-0.15, -0.1) is 11.3 Å². The normalized spacial score (nSPS) is 15.8. The van der Waals surface area contributed by atoms with E-state index in [1.165, 1.54) is 4.88 Å². The molecule has 3 rings (SSSR count). The summed E-state index contributed by atoms with van der Waals surface area (Å²) in [5.74, 6) is 1.65. The smallest absolute Gasteiger partial charge is 0.225 e. The quantitative estimate of drug-likeness (QED) is 0.541. The molecule has 8 nitrogen and oxygen atoms in total. The van der Waals surface area contributed by atoms with Gasteiger partial charge < -0.3 is 15.5 Å². The van der Waals surface area contributed by atoms with Crippen molar-refractivity contribution in [1.29, 1.82) is 0 Å². The van der Waals surface area contributed by atoms with Crippen LogP contribution < -0.4 is 15.5 Å². The topological polar surface area (TPSA) is 81.6 Å². The maximum atomic E-state index is 4.43. The summed E-state index contributed by atoms with van der Waals surface area (Å²) in [4.78, 5) is 23.4. The number of thiazole rings is 1. The number of anilines is 1. The Hall–Kier alpha value is -2.26. The van der Waals surface area contributed by atoms with E-state index in [-0.39, 0.29) is 0 Å². The van der Waals surface area contributed by atoms with Gasteiger partial charge in [-0.3, -0.25) is 9.89 Å². The van der Waals surface area contributed by atoms with Crippen molar-refractivity contribution in [3.05, 3.63) is 34.5 Å². The Morgan fingerprint density at radius 1 is 1.15 bits per heavy atom. The summed E-state index contributed by atoms with van der Waals surface area (Å²) in [6.07, 6.45) is 6.59. The minimum atomic E-state index is 0.708. The van der Waals surface area contributed by atoms with Gasteiger partial charge >= 0.3 is 0 Å². The van der Waals surface area contributed by atoms with Gasteiger partial charge in [-0.05, 0) is 12.5 Å². The molecule has 1 fully saturated rings. The molecule has 1 saturated heterocycles. The van der Waals surface area contributed by atoms with Gasteiger partial charge in [-0.25, -0.2) is 15.0 Å². The van der Waals surface area contributed by atoms with Crippen LogP contribution in [-0.2, 0) is 13.0 Å². The van der Waals surface area contributed by atoms with Crippen molar-refractivity contribution in [3.63, 3.8) is 0 Å². The van der Waals surface area contributed by atoms with Crippen molar-refractivity contribution in [2.24, 2.45) is 4.99 Å². The van der Waals surface area contributed by atoms with Crippen LogP contribution in [-0.4, -0.2) is 72.1 Å². The summed E-state index contributed by atoms with van der Waals surface area (Å²) in [6, 6.07) is 1.85. The second kappa shape index (κ2) is 10.2. The van der Waals surface area contributed by atoms with E-state index in [9.17, 15) is 0 Å². The summed E-state index contributed by atoms with van der Waals surface area (Å²) >= 11 is 1.75. The average molecular weight is 389 g/mol. The van der Waals surface area contributed by atoms with E-state index in [0.29, 0.717) is 6.54 Å². The number of nitrogens with zero attached hydrogens (tertiary/aromatic N) is 6. The van der Waals surface area contributed by atoms with Crippen LogP contribution in [0.3, 0.4) is 0 Å². The molecule has 2 N–H and O–H groups in total. The molecule has 0 radical (unpaired) electrons. The number of hydrogen-bond donors (Lipinski definition) is 2. The van der Waals surface area contributed by atoms with E-state index in [4.69, 9.17) is 0 Å². The molecule has 9 heteroatoms. The SMILES string of the molecule is CCc1cnc(CNC(=NC)NCCN2CCN(c3ncccn3)CC2)s1. The minimum Gasteiger partial charge on any atom is -0.355 e. The van der Waals surface area contributed by atoms with Gasteiger partial charge in [0.1, 0.15) is 5.01 Å². The molecule has 0 saturated carbocycles. The Bertz CT molecular complexity index is 709. The lowest BCUT2D eigenvalue weighted by atomic mass is 10.3. The number of nitrogens with one attached hydrogen (secondary N) is 2. The third-order valence-electron chi connectivity index (χ3n) is 4.51. The van der Waals surface area contributed by atoms with E-state index in [1.807, 2.05) is 12.3 Å². The molecule has 1 aliphatic heterocycles. The fourth-order valence-corrected chi connectivity index (χ4v) is 3.73. The molecule has 0 aliphatic carbocycles. The Morgan fingerprint density at radius 3 is 2.59 bits per heavy atom. The van der Waals surface area contributed by atoms with Gasteiger partial charge in [0, 0.05) is 69.8 Å². The number of piperazine rings is 1. The van der Waals surface area contributed by atoms with Crippen LogP contribution in [0, 0.1) is 0 Å². The van der Waals surface area contributed by atoms with Crippen LogP contribution in [0.4, 0.5) is 5.95 Å². The predicted octanol–water partition coefficient (Wildman–Crippen LogP) is 0.983. The minimum absolute atomic E-state index is 0.708. The third-order valence-corrected chi connectivity index (χ3v) is 5.65. The largest absolute Gasteiger partial charge is 0.355 e. The predicted molar refractivity (Wildman–Crippen MR) is 110 cm³/mol. The summed E-state index contributed by atoms with van der Waals surface area (Å²) < 4.78 is 0. The molecular formula is C18H28N8S. The molecule has 0 bridgehead atoms. The monoisotopic (exact) mass is 388 g/mol. The van der Waals surface area contributed by atoms with Crippen LogP contribution in [0.1, 0.15) is 16.8 Å². The lowest BCUT2D eigenvalue weighted by Gasteiger charge is -2.34. The van der Waals surface area contributed by atoms with Gasteiger partial charge in [0.2, 0.25) is 5.95 Å². The second-order valence-electron chi connectivity index (χ2n) is 6.30. The number of hydrogen-bond acceptors (Lipinski definition) is 7. The first kappa shape index (κ1) is 19.5. The zero-order valence-corrected chi connectivity index (χ0v) is 16.9. The van der Waals surface area contributed by atoms with Crippen molar-refractivity contribution in [3.8, 4) is 0 Å². The van der Waals surface area contributed by atoms with Crippen molar-refractivity contribution >= 4 is 23.2 Å². The molecule has 0 unspecified atom stereocenters. The molecule has 3 heterocycles. The molecule has 0 spiro atoms. The van der Waals surface area contributed by atoms with Crippen LogP contribution in [0.25, 0.3) is 0 Å². The average Bonchev–Trinajstić information content (AvgIpc) is 3.20. The van der Waals surface area contributed by atoms with Crippen molar-refractivity contribution in [2.45, 2.75) is 19.9 Å². The van der Waals surface area contributed by atoms with E-state index in [1.54, 1.807) is 30.8 Å². The molecular weight excluding hydrogens is 360 g/mol. The maximum Gasteiger partial charge on any atom is 0.225 e. The summed E-state index contributed by atoms with van der Waals surface area (Å²) in [5, 5.41) is 7.81. The van der Waals surface area contributed by atoms with Crippen LogP contribution in [0.5, 0.6) is 0 Å². The highest BCUT2D eigenvalue weighted by Gasteiger charge is 2.18. The number of guanidine groups is 1. The molecule has 0 aromatic carbocycles. The third kappa shape index (κ3) is 5.86. The number of rotatable bonds is 7. The van der Waals surface area contributed by atoms with Crippen LogP contribution >= 0.6 is 11.3 Å². The Balaban J connectivity index is 1.34. The Morgan fingerprint density at radius 2 is 1.93 bits per heavy atom. The van der Waals surface area contributed by atoms with Crippen molar-refractivity contribution in [2.75, 3.05) is 51.2 Å². The Labute approximate surface area is 164 Å². The molecule has 2 aromatic heterocycles. The molecule has 146 valence electrons. The number of aromatic nitrogens is 3. The van der Waals surface area contributed by atoms with E-state index in [0.717, 1.165) is 62.6 Å². The van der Waals surface area contributed by atoms with Crippen molar-refractivity contribution < 1.29 is 0 Å². The Kier molecular flexibility index (Phi) is 7.35. The fraction of sp³-hybridized carbons (Fsp3) is 0.556. The summed E-state index contributed by atoms with van der Waals surface area (Å²) in [7, 11) is 1.80. The van der Waals surface area contributed by atoms with E-state index < -0.39 is 0 Å². The number of aliphatic imine (C=N–C) groups is 1. The molecule has 2 aromatic rings. The lowest BCUT2D eigenvalue weighted by molar-refractivity contribution is 0.260. The highest BCUT2D eigenvalue weighted by atomic mass is 32.1. The second-order valence-corrected chi connectivity index (χ2v) is 7.50. The van der Waals surface area contributed by atoms with Crippen LogP contribution in [0.2, 0.25) is 0 Å². The van der Waals surface area contributed by atoms with Gasteiger partial charge in [-0.1, -0.05) is 6.92 Å². The first-order valence-electron chi connectivity index (χ1n) is 9.41. The first-order chi connectivity index (χ1) is 13.3. The zero-order valence-electron chi connectivity index (χ0n) is 16.1. The maximum absolute atomic E-state index is 4.43. The standard InChI is InChI=1S/C18H28N8S/c1-3-15-13-23-16(27-15)14-24-17(19-2)20-7-8-25-9-11-26(12-10-25)18-21-5-4-6-22-18/h4-6,13H,3,7-12,14H2,1-2H3,(H2,19,20,24). The van der Waals surface area contributed by atoms with Gasteiger partial charge in [-0.2, -0.15) is 0 Å². The fourth-order valence-electron chi connectivity index (χ4n) is 2.93. The molecule has 0 atom stereocenters. The van der Waals surface area contributed by atoms with Gasteiger partial charge in [0.05, 0.1) is 6.54 Å². The highest BCUT2D eigenvalue weighted by molar-refractivity contribution is 7.11. The van der Waals surface area contributed by atoms with Gasteiger partial charge in [0.15, 0.2) is 5.96 Å².